The SMILES string of the molecule is O=C(c1ccccc1)[C@H]1[C@H]2C(=O)N(c3ccc(Br)cc3)C(=O)[C@@H]2[C@H]2C=Cc3ccccc3N21. The molecule has 4 atom stereocenters. The van der Waals surface area contributed by atoms with E-state index in [-0.39, 0.29) is 23.6 Å². The van der Waals surface area contributed by atoms with Gasteiger partial charge in [-0.15, -0.1) is 0 Å². The van der Waals surface area contributed by atoms with E-state index in [1.165, 1.54) is 4.90 Å². The largest absolute Gasteiger partial charge is 0.352 e. The fourth-order valence-electron chi connectivity index (χ4n) is 5.43. The van der Waals surface area contributed by atoms with E-state index in [0.29, 0.717) is 11.3 Å². The summed E-state index contributed by atoms with van der Waals surface area (Å²) in [5.41, 5.74) is 2.92. The number of fused-ring (bicyclic) bond motifs is 5. The minimum atomic E-state index is -0.759. The third kappa shape index (κ3) is 2.94. The van der Waals surface area contributed by atoms with E-state index in [9.17, 15) is 14.4 Å². The molecule has 0 bridgehead atoms. The van der Waals surface area contributed by atoms with Crippen molar-refractivity contribution in [1.29, 1.82) is 0 Å². The van der Waals surface area contributed by atoms with Crippen LogP contribution in [-0.4, -0.2) is 29.7 Å². The smallest absolute Gasteiger partial charge is 0.240 e. The first-order valence-electron chi connectivity index (χ1n) is 10.8. The number of amides is 2. The highest BCUT2D eigenvalue weighted by molar-refractivity contribution is 9.10. The zero-order chi connectivity index (χ0) is 22.7. The fraction of sp³-hybridized carbons (Fsp3) is 0.148. The molecule has 2 saturated heterocycles. The van der Waals surface area contributed by atoms with Crippen LogP contribution in [-0.2, 0) is 9.59 Å². The quantitative estimate of drug-likeness (QED) is 0.387. The second kappa shape index (κ2) is 7.52. The van der Waals surface area contributed by atoms with Gasteiger partial charge in [-0.25, -0.2) is 4.90 Å². The van der Waals surface area contributed by atoms with Crippen molar-refractivity contribution in [2.24, 2.45) is 11.8 Å². The van der Waals surface area contributed by atoms with E-state index in [1.807, 2.05) is 59.5 Å². The van der Waals surface area contributed by atoms with E-state index in [1.54, 1.807) is 36.4 Å². The molecule has 3 aliphatic rings. The topological polar surface area (TPSA) is 57.7 Å². The second-order valence-electron chi connectivity index (χ2n) is 8.53. The minimum absolute atomic E-state index is 0.142. The molecule has 0 saturated carbocycles. The Morgan fingerprint density at radius 1 is 0.788 bits per heavy atom. The maximum atomic E-state index is 13.8. The molecule has 2 fully saturated rings. The molecule has 0 spiro atoms. The number of imide groups is 1. The summed E-state index contributed by atoms with van der Waals surface area (Å²) >= 11 is 3.40. The number of hydrogen-bond acceptors (Lipinski definition) is 4. The zero-order valence-electron chi connectivity index (χ0n) is 17.5. The van der Waals surface area contributed by atoms with Crippen LogP contribution in [0.1, 0.15) is 15.9 Å². The van der Waals surface area contributed by atoms with Crippen molar-refractivity contribution in [3.05, 3.63) is 101 Å². The van der Waals surface area contributed by atoms with Crippen molar-refractivity contribution >= 4 is 51.0 Å². The average molecular weight is 499 g/mol. The van der Waals surface area contributed by atoms with Gasteiger partial charge in [0.15, 0.2) is 5.78 Å². The Morgan fingerprint density at radius 2 is 1.45 bits per heavy atom. The Bertz CT molecular complexity index is 1320. The average Bonchev–Trinajstić information content (AvgIpc) is 3.33. The van der Waals surface area contributed by atoms with Gasteiger partial charge in [-0.1, -0.05) is 76.6 Å². The van der Waals surface area contributed by atoms with E-state index >= 15 is 0 Å². The molecular formula is C27H19BrN2O3. The lowest BCUT2D eigenvalue weighted by atomic mass is 9.86. The van der Waals surface area contributed by atoms with Crippen LogP contribution in [0.3, 0.4) is 0 Å². The predicted octanol–water partition coefficient (Wildman–Crippen LogP) is 4.72. The third-order valence-electron chi connectivity index (χ3n) is 6.83. The highest BCUT2D eigenvalue weighted by Gasteiger charge is 2.64. The normalized spacial score (nSPS) is 25.1. The van der Waals surface area contributed by atoms with Gasteiger partial charge in [0.2, 0.25) is 11.8 Å². The summed E-state index contributed by atoms with van der Waals surface area (Å²) in [6.45, 7) is 0. The Kier molecular flexibility index (Phi) is 4.59. The van der Waals surface area contributed by atoms with Crippen molar-refractivity contribution < 1.29 is 14.4 Å². The van der Waals surface area contributed by atoms with Crippen LogP contribution in [0.25, 0.3) is 6.08 Å². The number of carbonyl (C=O) groups excluding carboxylic acids is 3. The zero-order valence-corrected chi connectivity index (χ0v) is 19.1. The van der Waals surface area contributed by atoms with Crippen LogP contribution < -0.4 is 9.80 Å². The lowest BCUT2D eigenvalue weighted by Crippen LogP contribution is -2.48. The van der Waals surface area contributed by atoms with E-state index in [0.717, 1.165) is 15.7 Å². The van der Waals surface area contributed by atoms with Crippen molar-refractivity contribution in [3.8, 4) is 0 Å². The Labute approximate surface area is 199 Å². The summed E-state index contributed by atoms with van der Waals surface area (Å²) < 4.78 is 0.862. The van der Waals surface area contributed by atoms with Gasteiger partial charge >= 0.3 is 0 Å². The van der Waals surface area contributed by atoms with Gasteiger partial charge in [-0.3, -0.25) is 14.4 Å². The molecule has 3 heterocycles. The summed E-state index contributed by atoms with van der Waals surface area (Å²) in [4.78, 5) is 44.5. The molecule has 3 aliphatic heterocycles. The summed E-state index contributed by atoms with van der Waals surface area (Å²) in [6, 6.07) is 22.8. The van der Waals surface area contributed by atoms with Crippen molar-refractivity contribution in [2.75, 3.05) is 9.80 Å². The highest BCUT2D eigenvalue weighted by atomic mass is 79.9. The third-order valence-corrected chi connectivity index (χ3v) is 7.36. The first-order valence-corrected chi connectivity index (χ1v) is 11.6. The first kappa shape index (κ1) is 20.1. The first-order chi connectivity index (χ1) is 16.1. The number of hydrogen-bond donors (Lipinski definition) is 0. The maximum Gasteiger partial charge on any atom is 0.240 e. The Morgan fingerprint density at radius 3 is 2.21 bits per heavy atom. The molecule has 0 aliphatic carbocycles. The van der Waals surface area contributed by atoms with E-state index in [2.05, 4.69) is 15.9 Å². The van der Waals surface area contributed by atoms with Crippen LogP contribution in [0.5, 0.6) is 0 Å². The monoisotopic (exact) mass is 498 g/mol. The standard InChI is InChI=1S/C27H19BrN2O3/c28-18-11-13-19(14-12-18)29-26(32)22-21-15-10-16-6-4-5-9-20(16)30(21)24(23(22)27(29)33)25(31)17-7-2-1-3-8-17/h1-15,21-24H/t21-,22-,23+,24-/m1/s1. The molecule has 33 heavy (non-hydrogen) atoms. The summed E-state index contributed by atoms with van der Waals surface area (Å²) in [6.07, 6.45) is 3.96. The Hall–Kier alpha value is -3.51. The van der Waals surface area contributed by atoms with Gasteiger partial charge in [0, 0.05) is 15.7 Å². The molecule has 3 aromatic carbocycles. The summed E-state index contributed by atoms with van der Waals surface area (Å²) in [5.74, 6) is -2.09. The molecule has 3 aromatic rings. The summed E-state index contributed by atoms with van der Waals surface area (Å²) in [7, 11) is 0. The van der Waals surface area contributed by atoms with Gasteiger partial charge in [0.1, 0.15) is 6.04 Å². The molecule has 0 N–H and O–H groups in total. The number of rotatable bonds is 3. The fourth-order valence-corrected chi connectivity index (χ4v) is 5.70. The van der Waals surface area contributed by atoms with Crippen molar-refractivity contribution in [3.63, 3.8) is 0 Å². The molecule has 6 heteroatoms. The second-order valence-corrected chi connectivity index (χ2v) is 9.45. The minimum Gasteiger partial charge on any atom is -0.352 e. The van der Waals surface area contributed by atoms with Gasteiger partial charge < -0.3 is 4.90 Å². The molecule has 162 valence electrons. The number of nitrogens with zero attached hydrogens (tertiary/aromatic N) is 2. The van der Waals surface area contributed by atoms with Gasteiger partial charge in [-0.2, -0.15) is 0 Å². The molecule has 0 unspecified atom stereocenters. The molecule has 2 amide bonds. The lowest BCUT2D eigenvalue weighted by Gasteiger charge is -2.36. The number of anilines is 2. The number of halogens is 1. The number of benzene rings is 3. The number of Topliss-reactive ketones (excluding diaryl/α,β-unsaturated/α-hetero) is 1. The van der Waals surface area contributed by atoms with Gasteiger partial charge in [0.05, 0.1) is 23.6 Å². The molecule has 5 nitrogen and oxygen atoms in total. The number of para-hydroxylation sites is 1. The van der Waals surface area contributed by atoms with E-state index in [4.69, 9.17) is 0 Å². The summed E-state index contributed by atoms with van der Waals surface area (Å²) in [5, 5.41) is 0. The molecule has 0 aromatic heterocycles. The number of carbonyl (C=O) groups is 3. The highest BCUT2D eigenvalue weighted by Crippen LogP contribution is 2.49. The van der Waals surface area contributed by atoms with Crippen molar-refractivity contribution in [2.45, 2.75) is 12.1 Å². The van der Waals surface area contributed by atoms with Crippen LogP contribution in [0.4, 0.5) is 11.4 Å². The van der Waals surface area contributed by atoms with Crippen LogP contribution in [0, 0.1) is 11.8 Å². The molecular weight excluding hydrogens is 480 g/mol. The van der Waals surface area contributed by atoms with E-state index < -0.39 is 17.9 Å². The van der Waals surface area contributed by atoms with Crippen LogP contribution >= 0.6 is 15.9 Å². The van der Waals surface area contributed by atoms with Crippen molar-refractivity contribution in [1.82, 2.24) is 0 Å². The molecule has 0 radical (unpaired) electrons. The van der Waals surface area contributed by atoms with Gasteiger partial charge in [0.25, 0.3) is 0 Å². The van der Waals surface area contributed by atoms with Gasteiger partial charge in [-0.05, 0) is 35.9 Å². The maximum absolute atomic E-state index is 13.8. The number of ketones is 1. The van der Waals surface area contributed by atoms with Crippen LogP contribution in [0.15, 0.2) is 89.4 Å². The Balaban J connectivity index is 1.50. The lowest BCUT2D eigenvalue weighted by molar-refractivity contribution is -0.122. The molecule has 6 rings (SSSR count). The predicted molar refractivity (Wildman–Crippen MR) is 130 cm³/mol. The van der Waals surface area contributed by atoms with Crippen LogP contribution in [0.2, 0.25) is 0 Å².